The molecule has 0 atom stereocenters. The van der Waals surface area contributed by atoms with Crippen LogP contribution < -0.4 is 0 Å². The number of nitrogens with zero attached hydrogens (tertiary/aromatic N) is 4. The minimum Gasteiger partial charge on any atom is -0.455 e. The fraction of sp³-hybridized carbons (Fsp3) is 0. The number of hydrogen-bond acceptors (Lipinski definition) is 4. The molecule has 0 aliphatic rings. The number of rotatable bonds is 4. The van der Waals surface area contributed by atoms with E-state index < -0.39 is 0 Å². The molecule has 5 nitrogen and oxygen atoms in total. The van der Waals surface area contributed by atoms with Crippen molar-refractivity contribution in [1.82, 2.24) is 19.5 Å². The van der Waals surface area contributed by atoms with Crippen LogP contribution in [0.3, 0.4) is 0 Å². The molecule has 0 fully saturated rings. The molecule has 224 valence electrons. The Balaban J connectivity index is 1.30. The summed E-state index contributed by atoms with van der Waals surface area (Å²) < 4.78 is 9.06. The van der Waals surface area contributed by atoms with Crippen molar-refractivity contribution in [2.75, 3.05) is 0 Å². The average Bonchev–Trinajstić information content (AvgIpc) is 3.71. The van der Waals surface area contributed by atoms with Crippen molar-refractivity contribution < 1.29 is 4.42 Å². The molecule has 48 heavy (non-hydrogen) atoms. The summed E-state index contributed by atoms with van der Waals surface area (Å²) >= 11 is 0. The van der Waals surface area contributed by atoms with Gasteiger partial charge in [0.15, 0.2) is 11.6 Å². The monoisotopic (exact) mass is 614 g/mol. The second-order valence-corrected chi connectivity index (χ2v) is 12.0. The van der Waals surface area contributed by atoms with Crippen LogP contribution in [0.4, 0.5) is 0 Å². The second-order valence-electron chi connectivity index (χ2n) is 12.0. The van der Waals surface area contributed by atoms with Crippen molar-refractivity contribution in [2.24, 2.45) is 0 Å². The first-order valence-electron chi connectivity index (χ1n) is 16.0. The second kappa shape index (κ2) is 10.5. The van der Waals surface area contributed by atoms with Gasteiger partial charge in [0.25, 0.3) is 0 Å². The Morgan fingerprint density at radius 3 is 1.65 bits per heavy atom. The van der Waals surface area contributed by atoms with Crippen LogP contribution in [0.25, 0.3) is 94.4 Å². The van der Waals surface area contributed by atoms with E-state index in [0.717, 1.165) is 66.0 Å². The van der Waals surface area contributed by atoms with E-state index in [0.29, 0.717) is 17.6 Å². The highest BCUT2D eigenvalue weighted by Gasteiger charge is 2.22. The number of fused-ring (bicyclic) bond motifs is 9. The van der Waals surface area contributed by atoms with Gasteiger partial charge in [-0.2, -0.15) is 9.97 Å². The van der Waals surface area contributed by atoms with Gasteiger partial charge in [0, 0.05) is 27.3 Å². The minimum atomic E-state index is 0.557. The first-order chi connectivity index (χ1) is 23.8. The van der Waals surface area contributed by atoms with Crippen LogP contribution in [0.5, 0.6) is 0 Å². The van der Waals surface area contributed by atoms with E-state index in [1.807, 2.05) is 60.7 Å². The Hall–Kier alpha value is -6.59. The van der Waals surface area contributed by atoms with E-state index in [1.54, 1.807) is 0 Å². The minimum absolute atomic E-state index is 0.557. The van der Waals surface area contributed by atoms with E-state index in [2.05, 4.69) is 102 Å². The van der Waals surface area contributed by atoms with Gasteiger partial charge < -0.3 is 4.42 Å². The van der Waals surface area contributed by atoms with Gasteiger partial charge in [-0.05, 0) is 46.2 Å². The number of hydrogen-bond donors (Lipinski definition) is 0. The van der Waals surface area contributed by atoms with Gasteiger partial charge >= 0.3 is 0 Å². The molecule has 0 aliphatic heterocycles. The number of benzene rings is 7. The molecule has 3 aromatic heterocycles. The molecule has 0 unspecified atom stereocenters. The zero-order valence-corrected chi connectivity index (χ0v) is 25.7. The smallest absolute Gasteiger partial charge is 0.238 e. The van der Waals surface area contributed by atoms with E-state index in [1.165, 1.54) is 10.8 Å². The third-order valence-corrected chi connectivity index (χ3v) is 9.25. The van der Waals surface area contributed by atoms with Crippen molar-refractivity contribution in [3.05, 3.63) is 158 Å². The average molecular weight is 615 g/mol. The van der Waals surface area contributed by atoms with Gasteiger partial charge in [0.1, 0.15) is 11.2 Å². The highest BCUT2D eigenvalue weighted by atomic mass is 16.3. The van der Waals surface area contributed by atoms with Crippen molar-refractivity contribution in [2.45, 2.75) is 0 Å². The third-order valence-electron chi connectivity index (χ3n) is 9.25. The van der Waals surface area contributed by atoms with Crippen molar-refractivity contribution in [1.29, 1.82) is 0 Å². The Morgan fingerprint density at radius 2 is 0.979 bits per heavy atom. The summed E-state index contributed by atoms with van der Waals surface area (Å²) in [5.41, 5.74) is 7.87. The summed E-state index contributed by atoms with van der Waals surface area (Å²) in [7, 11) is 0. The zero-order chi connectivity index (χ0) is 31.6. The number of para-hydroxylation sites is 1. The van der Waals surface area contributed by atoms with Crippen LogP contribution in [0.1, 0.15) is 0 Å². The summed E-state index contributed by atoms with van der Waals surface area (Å²) in [5.74, 6) is 1.80. The van der Waals surface area contributed by atoms with E-state index >= 15 is 0 Å². The van der Waals surface area contributed by atoms with Gasteiger partial charge in [-0.1, -0.05) is 133 Å². The Morgan fingerprint density at radius 1 is 0.417 bits per heavy atom. The first-order valence-corrected chi connectivity index (χ1v) is 16.0. The lowest BCUT2D eigenvalue weighted by Crippen LogP contribution is -2.06. The topological polar surface area (TPSA) is 56.7 Å². The lowest BCUT2D eigenvalue weighted by atomic mass is 9.95. The fourth-order valence-corrected chi connectivity index (χ4v) is 7.12. The van der Waals surface area contributed by atoms with E-state index in [4.69, 9.17) is 19.4 Å². The van der Waals surface area contributed by atoms with Gasteiger partial charge in [0.2, 0.25) is 5.95 Å². The zero-order valence-electron chi connectivity index (χ0n) is 25.7. The quantitative estimate of drug-likeness (QED) is 0.198. The Bertz CT molecular complexity index is 2760. The van der Waals surface area contributed by atoms with Gasteiger partial charge in [-0.15, -0.1) is 0 Å². The lowest BCUT2D eigenvalue weighted by Gasteiger charge is -2.10. The number of furan rings is 1. The maximum Gasteiger partial charge on any atom is 0.238 e. The molecular weight excluding hydrogens is 589 g/mol. The molecule has 0 aliphatic carbocycles. The van der Waals surface area contributed by atoms with Gasteiger partial charge in [0.05, 0.1) is 16.4 Å². The molecule has 0 saturated carbocycles. The Kier molecular flexibility index (Phi) is 5.81. The summed E-state index contributed by atoms with van der Waals surface area (Å²) in [4.78, 5) is 15.1. The van der Waals surface area contributed by atoms with Crippen molar-refractivity contribution >= 4 is 54.5 Å². The van der Waals surface area contributed by atoms with Gasteiger partial charge in [-0.3, -0.25) is 4.57 Å². The van der Waals surface area contributed by atoms with Crippen LogP contribution in [-0.2, 0) is 0 Å². The molecule has 5 heteroatoms. The van der Waals surface area contributed by atoms with Crippen LogP contribution in [0.2, 0.25) is 0 Å². The largest absolute Gasteiger partial charge is 0.455 e. The third kappa shape index (κ3) is 4.01. The standard InChI is InChI=1S/C43H26N4O/c1-4-14-27(15-5-1)34-26-37-38(31-21-11-10-20-30(31)34)33-24-25-36-39(40(33)48-37)32-22-12-13-23-35(32)47(36)43-45-41(28-16-6-2-7-17-28)44-42(46-43)29-18-8-3-9-19-29/h1-26H. The van der Waals surface area contributed by atoms with Crippen molar-refractivity contribution in [3.8, 4) is 39.9 Å². The maximum atomic E-state index is 6.91. The maximum absolute atomic E-state index is 6.91. The summed E-state index contributed by atoms with van der Waals surface area (Å²) in [6.45, 7) is 0. The summed E-state index contributed by atoms with van der Waals surface area (Å²) in [5, 5.41) is 6.70. The molecular formula is C43H26N4O. The van der Waals surface area contributed by atoms with Crippen LogP contribution in [0.15, 0.2) is 162 Å². The fourth-order valence-electron chi connectivity index (χ4n) is 7.12. The van der Waals surface area contributed by atoms with Gasteiger partial charge in [-0.25, -0.2) is 4.98 Å². The SMILES string of the molecule is c1ccc(-c2nc(-c3ccccc3)nc(-n3c4ccccc4c4c5oc6cc(-c7ccccc7)c7ccccc7c6c5ccc43)n2)cc1. The molecule has 0 bridgehead atoms. The molecule has 3 heterocycles. The molecule has 10 rings (SSSR count). The molecule has 0 radical (unpaired) electrons. The van der Waals surface area contributed by atoms with Crippen molar-refractivity contribution in [3.63, 3.8) is 0 Å². The normalized spacial score (nSPS) is 11.8. The number of aromatic nitrogens is 4. The first kappa shape index (κ1) is 26.6. The Labute approximate surface area is 275 Å². The molecule has 7 aromatic carbocycles. The predicted octanol–water partition coefficient (Wildman–Crippen LogP) is 11.0. The molecule has 0 spiro atoms. The molecule has 0 saturated heterocycles. The van der Waals surface area contributed by atoms with E-state index in [-0.39, 0.29) is 0 Å². The molecule has 10 aromatic rings. The highest BCUT2D eigenvalue weighted by Crippen LogP contribution is 2.44. The summed E-state index contributed by atoms with van der Waals surface area (Å²) in [6.07, 6.45) is 0. The van der Waals surface area contributed by atoms with Crippen LogP contribution in [0, 0.1) is 0 Å². The predicted molar refractivity (Wildman–Crippen MR) is 195 cm³/mol. The molecule has 0 amide bonds. The summed E-state index contributed by atoms with van der Waals surface area (Å²) in [6, 6.07) is 54.3. The lowest BCUT2D eigenvalue weighted by molar-refractivity contribution is 0.673. The highest BCUT2D eigenvalue weighted by molar-refractivity contribution is 6.29. The van der Waals surface area contributed by atoms with Crippen LogP contribution >= 0.6 is 0 Å². The van der Waals surface area contributed by atoms with Crippen LogP contribution in [-0.4, -0.2) is 19.5 Å². The molecule has 0 N–H and O–H groups in total. The van der Waals surface area contributed by atoms with E-state index in [9.17, 15) is 0 Å².